The lowest BCUT2D eigenvalue weighted by Crippen LogP contribution is -2.02. The molecule has 0 amide bonds. The summed E-state index contributed by atoms with van der Waals surface area (Å²) in [6, 6.07) is 4.06. The van der Waals surface area contributed by atoms with E-state index in [0.29, 0.717) is 5.02 Å². The van der Waals surface area contributed by atoms with Crippen molar-refractivity contribution in [3.8, 4) is 0 Å². The topological polar surface area (TPSA) is 66.4 Å². The van der Waals surface area contributed by atoms with Gasteiger partial charge >= 0.3 is 0 Å². The van der Waals surface area contributed by atoms with Crippen LogP contribution < -0.4 is 5.32 Å². The lowest BCUT2D eigenvalue weighted by Gasteiger charge is -2.05. The highest BCUT2D eigenvalue weighted by Crippen LogP contribution is 2.24. The molecule has 0 heterocycles. The summed E-state index contributed by atoms with van der Waals surface area (Å²) >= 11 is 5.63. The third-order valence-corrected chi connectivity index (χ3v) is 2.64. The highest BCUT2D eigenvalue weighted by Gasteiger charge is 2.14. The summed E-state index contributed by atoms with van der Waals surface area (Å²) in [4.78, 5) is -0.181. The molecule has 0 unspecified atom stereocenters. The van der Waals surface area contributed by atoms with Crippen LogP contribution in [0, 0.1) is 0 Å². The molecule has 0 aliphatic carbocycles. The molecule has 2 N–H and O–H groups in total. The van der Waals surface area contributed by atoms with E-state index >= 15 is 0 Å². The van der Waals surface area contributed by atoms with Gasteiger partial charge in [-0.25, -0.2) is 0 Å². The monoisotopic (exact) mass is 221 g/mol. The van der Waals surface area contributed by atoms with Gasteiger partial charge in [-0.1, -0.05) is 11.6 Å². The summed E-state index contributed by atoms with van der Waals surface area (Å²) in [7, 11) is -2.64. The Morgan fingerprint density at radius 2 is 2.08 bits per heavy atom. The second-order valence-electron chi connectivity index (χ2n) is 2.37. The number of halogens is 1. The Morgan fingerprint density at radius 3 is 2.54 bits per heavy atom. The predicted octanol–water partition coefficient (Wildman–Crippen LogP) is 1.63. The summed E-state index contributed by atoms with van der Waals surface area (Å²) in [5.41, 5.74) is 0.273. The van der Waals surface area contributed by atoms with Crippen LogP contribution in [-0.2, 0) is 10.1 Å². The van der Waals surface area contributed by atoms with Crippen molar-refractivity contribution in [2.75, 3.05) is 12.4 Å². The van der Waals surface area contributed by atoms with Crippen molar-refractivity contribution in [3.05, 3.63) is 23.2 Å². The van der Waals surface area contributed by atoms with Gasteiger partial charge in [0, 0.05) is 12.1 Å². The Morgan fingerprint density at radius 1 is 1.46 bits per heavy atom. The molecular formula is C7H8ClNO3S. The van der Waals surface area contributed by atoms with Crippen molar-refractivity contribution in [3.63, 3.8) is 0 Å². The van der Waals surface area contributed by atoms with Gasteiger partial charge in [0.05, 0.1) is 5.69 Å². The SMILES string of the molecule is CNc1cc(Cl)ccc1S(=O)(=O)O. The zero-order valence-corrected chi connectivity index (χ0v) is 8.35. The van der Waals surface area contributed by atoms with Gasteiger partial charge in [-0.15, -0.1) is 0 Å². The van der Waals surface area contributed by atoms with E-state index < -0.39 is 10.1 Å². The summed E-state index contributed by atoms with van der Waals surface area (Å²) in [6.07, 6.45) is 0. The molecule has 72 valence electrons. The van der Waals surface area contributed by atoms with Gasteiger partial charge in [0.2, 0.25) is 0 Å². The number of hydrogen-bond acceptors (Lipinski definition) is 3. The Kier molecular flexibility index (Phi) is 2.80. The zero-order chi connectivity index (χ0) is 10.1. The van der Waals surface area contributed by atoms with Crippen LogP contribution in [0.5, 0.6) is 0 Å². The molecule has 1 rings (SSSR count). The van der Waals surface area contributed by atoms with E-state index in [2.05, 4.69) is 5.32 Å². The number of benzene rings is 1. The van der Waals surface area contributed by atoms with Crippen LogP contribution in [0.3, 0.4) is 0 Å². The molecule has 0 spiro atoms. The molecule has 1 aromatic carbocycles. The van der Waals surface area contributed by atoms with Crippen LogP contribution in [0.1, 0.15) is 0 Å². The van der Waals surface area contributed by atoms with E-state index in [1.54, 1.807) is 7.05 Å². The fraction of sp³-hybridized carbons (Fsp3) is 0.143. The Labute approximate surface area is 81.3 Å². The Hall–Kier alpha value is -0.780. The first-order chi connectivity index (χ1) is 5.95. The van der Waals surface area contributed by atoms with Crippen molar-refractivity contribution in [2.24, 2.45) is 0 Å². The quantitative estimate of drug-likeness (QED) is 0.745. The van der Waals surface area contributed by atoms with Crippen LogP contribution in [0.25, 0.3) is 0 Å². The Bertz CT molecular complexity index is 416. The van der Waals surface area contributed by atoms with Gasteiger partial charge in [0.1, 0.15) is 4.90 Å². The molecule has 0 atom stereocenters. The maximum Gasteiger partial charge on any atom is 0.296 e. The maximum absolute atomic E-state index is 10.8. The number of nitrogens with one attached hydrogen (secondary N) is 1. The number of hydrogen-bond donors (Lipinski definition) is 2. The van der Waals surface area contributed by atoms with Crippen LogP contribution in [0.4, 0.5) is 5.69 Å². The zero-order valence-electron chi connectivity index (χ0n) is 6.78. The average Bonchev–Trinajstić information content (AvgIpc) is 2.01. The molecule has 0 fully saturated rings. The molecular weight excluding hydrogens is 214 g/mol. The second kappa shape index (κ2) is 3.53. The largest absolute Gasteiger partial charge is 0.387 e. The first kappa shape index (κ1) is 10.3. The summed E-state index contributed by atoms with van der Waals surface area (Å²) in [6.45, 7) is 0. The van der Waals surface area contributed by atoms with Crippen molar-refractivity contribution < 1.29 is 13.0 Å². The maximum atomic E-state index is 10.8. The molecule has 0 aliphatic rings. The van der Waals surface area contributed by atoms with E-state index in [4.69, 9.17) is 16.2 Å². The Balaban J connectivity index is 3.39. The third kappa shape index (κ3) is 2.33. The van der Waals surface area contributed by atoms with Crippen LogP contribution >= 0.6 is 11.6 Å². The lowest BCUT2D eigenvalue weighted by molar-refractivity contribution is 0.483. The predicted molar refractivity (Wildman–Crippen MR) is 50.8 cm³/mol. The van der Waals surface area contributed by atoms with E-state index in [0.717, 1.165) is 0 Å². The van der Waals surface area contributed by atoms with Gasteiger partial charge < -0.3 is 5.32 Å². The van der Waals surface area contributed by atoms with Crippen LogP contribution in [0.15, 0.2) is 23.1 Å². The van der Waals surface area contributed by atoms with E-state index in [1.807, 2.05) is 0 Å². The molecule has 0 saturated heterocycles. The summed E-state index contributed by atoms with van der Waals surface area (Å²) in [5.74, 6) is 0. The van der Waals surface area contributed by atoms with E-state index in [1.165, 1.54) is 18.2 Å². The van der Waals surface area contributed by atoms with Gasteiger partial charge in [-0.2, -0.15) is 8.42 Å². The average molecular weight is 222 g/mol. The minimum Gasteiger partial charge on any atom is -0.387 e. The minimum absolute atomic E-state index is 0.181. The molecule has 0 radical (unpaired) electrons. The van der Waals surface area contributed by atoms with Gasteiger partial charge in [0.15, 0.2) is 0 Å². The van der Waals surface area contributed by atoms with Gasteiger partial charge in [-0.3, -0.25) is 4.55 Å². The van der Waals surface area contributed by atoms with Crippen molar-refractivity contribution in [1.29, 1.82) is 0 Å². The van der Waals surface area contributed by atoms with Crippen LogP contribution in [0.2, 0.25) is 5.02 Å². The molecule has 1 aromatic rings. The standard InChI is InChI=1S/C7H8ClNO3S/c1-9-6-4-5(8)2-3-7(6)13(10,11)12/h2-4,9H,1H3,(H,10,11,12). The van der Waals surface area contributed by atoms with E-state index in [-0.39, 0.29) is 10.6 Å². The molecule has 0 saturated carbocycles. The first-order valence-electron chi connectivity index (χ1n) is 3.40. The summed E-state index contributed by atoms with van der Waals surface area (Å²) < 4.78 is 30.4. The van der Waals surface area contributed by atoms with Crippen molar-refractivity contribution in [1.82, 2.24) is 0 Å². The highest BCUT2D eigenvalue weighted by molar-refractivity contribution is 7.86. The molecule has 6 heteroatoms. The number of anilines is 1. The normalized spacial score (nSPS) is 11.3. The lowest BCUT2D eigenvalue weighted by atomic mass is 10.3. The molecule has 4 nitrogen and oxygen atoms in total. The molecule has 0 bridgehead atoms. The number of rotatable bonds is 2. The van der Waals surface area contributed by atoms with Crippen LogP contribution in [-0.4, -0.2) is 20.0 Å². The molecule has 0 aromatic heterocycles. The third-order valence-electron chi connectivity index (χ3n) is 1.49. The first-order valence-corrected chi connectivity index (χ1v) is 5.22. The smallest absolute Gasteiger partial charge is 0.296 e. The van der Waals surface area contributed by atoms with Gasteiger partial charge in [0.25, 0.3) is 10.1 Å². The minimum atomic E-state index is -4.18. The molecule has 13 heavy (non-hydrogen) atoms. The fourth-order valence-electron chi connectivity index (χ4n) is 0.923. The van der Waals surface area contributed by atoms with Gasteiger partial charge in [-0.05, 0) is 18.2 Å². The molecule has 0 aliphatic heterocycles. The summed E-state index contributed by atoms with van der Waals surface area (Å²) in [5, 5.41) is 3.02. The fourth-order valence-corrected chi connectivity index (χ4v) is 1.77. The highest BCUT2D eigenvalue weighted by atomic mass is 35.5. The van der Waals surface area contributed by atoms with Crippen molar-refractivity contribution >= 4 is 27.4 Å². The van der Waals surface area contributed by atoms with E-state index in [9.17, 15) is 8.42 Å². The van der Waals surface area contributed by atoms with Crippen molar-refractivity contribution in [2.45, 2.75) is 4.90 Å². The second-order valence-corrected chi connectivity index (χ2v) is 4.19.